The Morgan fingerprint density at radius 1 is 1.61 bits per heavy atom. The molecular formula is C13H20N4O. The average Bonchev–Trinajstić information content (AvgIpc) is 2.38. The molecular weight excluding hydrogens is 228 g/mol. The van der Waals surface area contributed by atoms with Gasteiger partial charge in [0.05, 0.1) is 0 Å². The highest BCUT2D eigenvalue weighted by molar-refractivity contribution is 5.91. The zero-order valence-electron chi connectivity index (χ0n) is 10.7. The van der Waals surface area contributed by atoms with Gasteiger partial charge in [0, 0.05) is 31.0 Å². The van der Waals surface area contributed by atoms with Crippen LogP contribution in [-0.4, -0.2) is 30.0 Å². The maximum atomic E-state index is 11.2. The Hall–Kier alpha value is -1.62. The van der Waals surface area contributed by atoms with Gasteiger partial charge in [0.1, 0.15) is 5.69 Å². The molecule has 2 rings (SSSR count). The van der Waals surface area contributed by atoms with Crippen molar-refractivity contribution in [3.05, 3.63) is 24.0 Å². The maximum absolute atomic E-state index is 11.2. The number of carbonyl (C=O) groups is 1. The summed E-state index contributed by atoms with van der Waals surface area (Å²) in [7, 11) is 0. The summed E-state index contributed by atoms with van der Waals surface area (Å²) in [5.74, 6) is 0.207. The first-order valence-electron chi connectivity index (χ1n) is 6.34. The van der Waals surface area contributed by atoms with Crippen molar-refractivity contribution in [1.82, 2.24) is 4.98 Å². The minimum Gasteiger partial charge on any atom is -0.367 e. The lowest BCUT2D eigenvalue weighted by molar-refractivity contribution is 0.0995. The molecule has 1 aromatic heterocycles. The van der Waals surface area contributed by atoms with Crippen LogP contribution >= 0.6 is 0 Å². The van der Waals surface area contributed by atoms with Gasteiger partial charge in [-0.2, -0.15) is 0 Å². The van der Waals surface area contributed by atoms with E-state index in [-0.39, 0.29) is 0 Å². The van der Waals surface area contributed by atoms with Crippen molar-refractivity contribution >= 4 is 11.6 Å². The number of aromatic nitrogens is 1. The van der Waals surface area contributed by atoms with Gasteiger partial charge in [0.2, 0.25) is 0 Å². The highest BCUT2D eigenvalue weighted by Gasteiger charge is 2.25. The minimum atomic E-state index is -0.494. The van der Waals surface area contributed by atoms with Gasteiger partial charge in [-0.25, -0.2) is 0 Å². The Morgan fingerprint density at radius 2 is 2.39 bits per heavy atom. The molecule has 2 atom stereocenters. The van der Waals surface area contributed by atoms with Crippen LogP contribution in [0.5, 0.6) is 0 Å². The molecule has 0 saturated carbocycles. The largest absolute Gasteiger partial charge is 0.367 e. The minimum absolute atomic E-state index is 0.307. The quantitative estimate of drug-likeness (QED) is 0.826. The first-order valence-corrected chi connectivity index (χ1v) is 6.34. The molecule has 0 radical (unpaired) electrons. The number of nitrogens with zero attached hydrogens (tertiary/aromatic N) is 2. The molecule has 0 spiro atoms. The number of rotatable bonds is 3. The topological polar surface area (TPSA) is 85.2 Å². The molecule has 1 amide bonds. The predicted molar refractivity (Wildman–Crippen MR) is 71.3 cm³/mol. The van der Waals surface area contributed by atoms with Crippen LogP contribution < -0.4 is 16.4 Å². The van der Waals surface area contributed by atoms with E-state index in [9.17, 15) is 4.79 Å². The molecule has 1 saturated heterocycles. The lowest BCUT2D eigenvalue weighted by Crippen LogP contribution is -2.46. The van der Waals surface area contributed by atoms with Gasteiger partial charge in [0.15, 0.2) is 0 Å². The van der Waals surface area contributed by atoms with Crippen molar-refractivity contribution in [2.45, 2.75) is 25.8 Å². The Morgan fingerprint density at radius 3 is 3.06 bits per heavy atom. The Kier molecular flexibility index (Phi) is 3.81. The maximum Gasteiger partial charge on any atom is 0.267 e. The van der Waals surface area contributed by atoms with E-state index in [1.165, 1.54) is 0 Å². The number of amides is 1. The molecule has 1 aliphatic rings. The van der Waals surface area contributed by atoms with Crippen LogP contribution in [-0.2, 0) is 0 Å². The fourth-order valence-corrected chi connectivity index (χ4v) is 2.55. The molecule has 98 valence electrons. The number of hydrogen-bond donors (Lipinski definition) is 2. The third-order valence-corrected chi connectivity index (χ3v) is 3.58. The summed E-state index contributed by atoms with van der Waals surface area (Å²) in [4.78, 5) is 17.4. The number of pyridine rings is 1. The second kappa shape index (κ2) is 5.35. The highest BCUT2D eigenvalue weighted by atomic mass is 16.1. The molecule has 18 heavy (non-hydrogen) atoms. The zero-order valence-corrected chi connectivity index (χ0v) is 10.7. The van der Waals surface area contributed by atoms with Crippen LogP contribution in [0.2, 0.25) is 0 Å². The number of anilines is 1. The smallest absolute Gasteiger partial charge is 0.267 e. The van der Waals surface area contributed by atoms with Crippen molar-refractivity contribution in [3.8, 4) is 0 Å². The first-order chi connectivity index (χ1) is 8.61. The highest BCUT2D eigenvalue weighted by Crippen LogP contribution is 2.27. The molecule has 2 heterocycles. The normalized spacial score (nSPS) is 24.0. The molecule has 0 aromatic carbocycles. The van der Waals surface area contributed by atoms with Crippen LogP contribution in [0.3, 0.4) is 0 Å². The number of carbonyl (C=O) groups excluding carboxylic acids is 1. The molecule has 0 aliphatic carbocycles. The predicted octanol–water partition coefficient (Wildman–Crippen LogP) is 0.744. The lowest BCUT2D eigenvalue weighted by Gasteiger charge is -2.39. The van der Waals surface area contributed by atoms with Gasteiger partial charge < -0.3 is 16.4 Å². The van der Waals surface area contributed by atoms with Gasteiger partial charge in [-0.1, -0.05) is 6.92 Å². The summed E-state index contributed by atoms with van der Waals surface area (Å²) in [6.45, 7) is 3.84. The zero-order chi connectivity index (χ0) is 13.1. The molecule has 4 N–H and O–H groups in total. The summed E-state index contributed by atoms with van der Waals surface area (Å²) in [5.41, 5.74) is 12.4. The number of piperidine rings is 1. The van der Waals surface area contributed by atoms with Crippen LogP contribution in [0.25, 0.3) is 0 Å². The van der Waals surface area contributed by atoms with Crippen LogP contribution in [0.1, 0.15) is 30.3 Å². The van der Waals surface area contributed by atoms with Gasteiger partial charge in [-0.05, 0) is 30.9 Å². The third kappa shape index (κ3) is 2.61. The van der Waals surface area contributed by atoms with Gasteiger partial charge in [-0.3, -0.25) is 9.78 Å². The lowest BCUT2D eigenvalue weighted by atomic mass is 9.92. The summed E-state index contributed by atoms with van der Waals surface area (Å²) >= 11 is 0. The van der Waals surface area contributed by atoms with E-state index in [0.717, 1.165) is 25.1 Å². The molecule has 5 nitrogen and oxygen atoms in total. The van der Waals surface area contributed by atoms with Crippen molar-refractivity contribution in [1.29, 1.82) is 0 Å². The summed E-state index contributed by atoms with van der Waals surface area (Å²) in [6, 6.07) is 3.99. The van der Waals surface area contributed by atoms with Crippen LogP contribution in [0.4, 0.5) is 5.69 Å². The van der Waals surface area contributed by atoms with E-state index in [2.05, 4.69) is 16.8 Å². The fraction of sp³-hybridized carbons (Fsp3) is 0.538. The summed E-state index contributed by atoms with van der Waals surface area (Å²) in [5, 5.41) is 0. The number of primary amides is 1. The number of nitrogens with two attached hydrogens (primary N) is 2. The van der Waals surface area contributed by atoms with Crippen molar-refractivity contribution in [2.24, 2.45) is 17.4 Å². The molecule has 5 heteroatoms. The second-order valence-electron chi connectivity index (χ2n) is 4.98. The average molecular weight is 248 g/mol. The van der Waals surface area contributed by atoms with Gasteiger partial charge in [-0.15, -0.1) is 0 Å². The Balaban J connectivity index is 2.24. The monoisotopic (exact) mass is 248 g/mol. The van der Waals surface area contributed by atoms with Gasteiger partial charge in [0.25, 0.3) is 5.91 Å². The van der Waals surface area contributed by atoms with E-state index < -0.39 is 5.91 Å². The van der Waals surface area contributed by atoms with E-state index in [1.807, 2.05) is 6.07 Å². The van der Waals surface area contributed by atoms with E-state index in [1.54, 1.807) is 12.3 Å². The van der Waals surface area contributed by atoms with Crippen molar-refractivity contribution in [2.75, 3.05) is 18.0 Å². The Bertz CT molecular complexity index is 435. The molecule has 2 unspecified atom stereocenters. The first kappa shape index (κ1) is 12.8. The molecule has 0 bridgehead atoms. The molecule has 1 aromatic rings. The van der Waals surface area contributed by atoms with Crippen molar-refractivity contribution < 1.29 is 4.79 Å². The van der Waals surface area contributed by atoms with E-state index in [0.29, 0.717) is 24.2 Å². The molecule has 1 fully saturated rings. The molecule has 1 aliphatic heterocycles. The summed E-state index contributed by atoms with van der Waals surface area (Å²) < 4.78 is 0. The Labute approximate surface area is 107 Å². The van der Waals surface area contributed by atoms with Crippen molar-refractivity contribution in [3.63, 3.8) is 0 Å². The van der Waals surface area contributed by atoms with Crippen LogP contribution in [0, 0.1) is 5.92 Å². The van der Waals surface area contributed by atoms with E-state index >= 15 is 0 Å². The van der Waals surface area contributed by atoms with Crippen LogP contribution in [0.15, 0.2) is 18.3 Å². The fourth-order valence-electron chi connectivity index (χ4n) is 2.55. The second-order valence-corrected chi connectivity index (χ2v) is 4.98. The van der Waals surface area contributed by atoms with E-state index in [4.69, 9.17) is 11.5 Å². The standard InChI is InChI=1S/C13H20N4O/c1-9-3-5-17(11(6-9)8-14)10-2-4-16-12(7-10)13(15)18/h2,4,7,9,11H,3,5-6,8,14H2,1H3,(H2,15,18). The third-order valence-electron chi connectivity index (χ3n) is 3.58. The van der Waals surface area contributed by atoms with Gasteiger partial charge >= 0.3 is 0 Å². The number of hydrogen-bond acceptors (Lipinski definition) is 4. The summed E-state index contributed by atoms with van der Waals surface area (Å²) in [6.07, 6.45) is 3.86. The SMILES string of the molecule is CC1CCN(c2ccnc(C(N)=O)c2)C(CN)C1.